The summed E-state index contributed by atoms with van der Waals surface area (Å²) in [6.45, 7) is 7.30. The monoisotopic (exact) mass is 327 g/mol. The highest BCUT2D eigenvalue weighted by Gasteiger charge is 2.13. The van der Waals surface area contributed by atoms with Crippen LogP contribution < -0.4 is 0 Å². The van der Waals surface area contributed by atoms with Crippen LogP contribution in [-0.4, -0.2) is 30.3 Å². The van der Waals surface area contributed by atoms with Crippen molar-refractivity contribution in [2.45, 2.75) is 45.3 Å². The first kappa shape index (κ1) is 15.9. The maximum atomic E-state index is 4.74. The van der Waals surface area contributed by atoms with E-state index in [2.05, 4.69) is 40.3 Å². The highest BCUT2D eigenvalue weighted by Crippen LogP contribution is 2.23. The minimum Gasteiger partial charge on any atom is -0.328 e. The van der Waals surface area contributed by atoms with Crippen LogP contribution in [0.25, 0.3) is 11.0 Å². The molecule has 0 saturated carbocycles. The first-order valence-corrected chi connectivity index (χ1v) is 8.90. The van der Waals surface area contributed by atoms with E-state index in [9.17, 15) is 0 Å². The van der Waals surface area contributed by atoms with Crippen LogP contribution in [-0.2, 0) is 13.0 Å². The van der Waals surface area contributed by atoms with Crippen LogP contribution in [0.1, 0.15) is 30.4 Å². The molecular weight excluding hydrogens is 306 g/mol. The normalized spacial score (nSPS) is 11.3. The van der Waals surface area contributed by atoms with E-state index in [0.29, 0.717) is 0 Å². The van der Waals surface area contributed by atoms with Gasteiger partial charge in [-0.25, -0.2) is 15.0 Å². The smallest absolute Gasteiger partial charge is 0.187 e. The molecule has 0 spiro atoms. The third-order valence-corrected chi connectivity index (χ3v) is 4.93. The standard InChI is InChI=1S/C17H21N5S/c1-4-15-21-14-11-20-13(3)12(2)16(14)22(15)9-6-10-23-17-18-7-5-8-19-17/h5,7-8,11H,4,6,9-10H2,1-3H3. The van der Waals surface area contributed by atoms with Gasteiger partial charge in [-0.15, -0.1) is 0 Å². The summed E-state index contributed by atoms with van der Waals surface area (Å²) >= 11 is 1.70. The minimum atomic E-state index is 0.843. The molecule has 0 aromatic carbocycles. The fraction of sp³-hybridized carbons (Fsp3) is 0.412. The molecule has 0 unspecified atom stereocenters. The van der Waals surface area contributed by atoms with Gasteiger partial charge >= 0.3 is 0 Å². The molecule has 0 N–H and O–H groups in total. The molecule has 0 bridgehead atoms. The van der Waals surface area contributed by atoms with E-state index in [4.69, 9.17) is 4.98 Å². The Bertz CT molecular complexity index is 798. The van der Waals surface area contributed by atoms with Crippen LogP contribution in [0.4, 0.5) is 0 Å². The van der Waals surface area contributed by atoms with Crippen molar-refractivity contribution < 1.29 is 0 Å². The molecule has 5 nitrogen and oxygen atoms in total. The average Bonchev–Trinajstić information content (AvgIpc) is 2.94. The predicted molar refractivity (Wildman–Crippen MR) is 93.8 cm³/mol. The molecule has 0 amide bonds. The van der Waals surface area contributed by atoms with Crippen molar-refractivity contribution in [1.82, 2.24) is 24.5 Å². The summed E-state index contributed by atoms with van der Waals surface area (Å²) in [5, 5.41) is 0.843. The Morgan fingerprint density at radius 1 is 1.13 bits per heavy atom. The molecule has 3 heterocycles. The molecule has 120 valence electrons. The van der Waals surface area contributed by atoms with E-state index < -0.39 is 0 Å². The topological polar surface area (TPSA) is 56.5 Å². The first-order valence-electron chi connectivity index (χ1n) is 7.91. The first-order chi connectivity index (χ1) is 11.2. The molecule has 0 radical (unpaired) electrons. The molecule has 0 saturated heterocycles. The molecule has 3 rings (SSSR count). The van der Waals surface area contributed by atoms with E-state index in [1.54, 1.807) is 24.2 Å². The number of rotatable bonds is 6. The van der Waals surface area contributed by atoms with Crippen molar-refractivity contribution in [3.05, 3.63) is 41.7 Å². The number of aryl methyl sites for hydroxylation is 4. The molecule has 3 aromatic heterocycles. The van der Waals surface area contributed by atoms with Gasteiger partial charge in [-0.3, -0.25) is 4.98 Å². The number of pyridine rings is 1. The number of thioether (sulfide) groups is 1. The van der Waals surface area contributed by atoms with Gasteiger partial charge in [0.25, 0.3) is 0 Å². The highest BCUT2D eigenvalue weighted by atomic mass is 32.2. The molecule has 0 fully saturated rings. The number of nitrogens with zero attached hydrogens (tertiary/aromatic N) is 5. The molecule has 0 aliphatic rings. The number of imidazole rings is 1. The summed E-state index contributed by atoms with van der Waals surface area (Å²) in [6.07, 6.45) is 7.45. The Morgan fingerprint density at radius 3 is 2.65 bits per heavy atom. The van der Waals surface area contributed by atoms with Gasteiger partial charge in [-0.2, -0.15) is 0 Å². The van der Waals surface area contributed by atoms with Crippen molar-refractivity contribution in [3.8, 4) is 0 Å². The van der Waals surface area contributed by atoms with Crippen LogP contribution in [0.5, 0.6) is 0 Å². The van der Waals surface area contributed by atoms with Crippen LogP contribution in [0.3, 0.4) is 0 Å². The lowest BCUT2D eigenvalue weighted by molar-refractivity contribution is 0.662. The van der Waals surface area contributed by atoms with E-state index >= 15 is 0 Å². The number of hydrogen-bond donors (Lipinski definition) is 0. The Hall–Kier alpha value is -1.95. The number of aromatic nitrogens is 5. The van der Waals surface area contributed by atoms with Crippen molar-refractivity contribution >= 4 is 22.8 Å². The molecule has 0 aliphatic carbocycles. The summed E-state index contributed by atoms with van der Waals surface area (Å²) in [7, 11) is 0. The van der Waals surface area contributed by atoms with Gasteiger partial charge in [0, 0.05) is 36.8 Å². The molecule has 6 heteroatoms. The predicted octanol–water partition coefficient (Wildman–Crippen LogP) is 3.58. The van der Waals surface area contributed by atoms with Gasteiger partial charge in [0.1, 0.15) is 11.3 Å². The summed E-state index contributed by atoms with van der Waals surface area (Å²) < 4.78 is 2.35. The lowest BCUT2D eigenvalue weighted by Gasteiger charge is -2.10. The fourth-order valence-electron chi connectivity index (χ4n) is 2.69. The zero-order valence-electron chi connectivity index (χ0n) is 13.8. The summed E-state index contributed by atoms with van der Waals surface area (Å²) in [4.78, 5) is 17.7. The molecular formula is C17H21N5S. The Kier molecular flexibility index (Phi) is 4.91. The number of hydrogen-bond acceptors (Lipinski definition) is 5. The van der Waals surface area contributed by atoms with Crippen molar-refractivity contribution in [1.29, 1.82) is 0 Å². The van der Waals surface area contributed by atoms with Gasteiger partial charge in [0.05, 0.1) is 11.7 Å². The third kappa shape index (κ3) is 3.37. The second-order valence-electron chi connectivity index (χ2n) is 5.47. The lowest BCUT2D eigenvalue weighted by Crippen LogP contribution is -2.05. The molecule has 0 atom stereocenters. The maximum absolute atomic E-state index is 4.74. The zero-order valence-corrected chi connectivity index (χ0v) is 14.6. The lowest BCUT2D eigenvalue weighted by atomic mass is 10.2. The third-order valence-electron chi connectivity index (χ3n) is 3.97. The zero-order chi connectivity index (χ0) is 16.2. The summed E-state index contributed by atoms with van der Waals surface area (Å²) in [6, 6.07) is 1.84. The second-order valence-corrected chi connectivity index (χ2v) is 6.53. The Labute approximate surface area is 140 Å². The largest absolute Gasteiger partial charge is 0.328 e. The van der Waals surface area contributed by atoms with Gasteiger partial charge in [-0.05, 0) is 31.9 Å². The van der Waals surface area contributed by atoms with Crippen molar-refractivity contribution in [2.24, 2.45) is 0 Å². The van der Waals surface area contributed by atoms with E-state index in [1.165, 1.54) is 11.1 Å². The Morgan fingerprint density at radius 2 is 1.91 bits per heavy atom. The highest BCUT2D eigenvalue weighted by molar-refractivity contribution is 7.99. The van der Waals surface area contributed by atoms with Gasteiger partial charge in [-0.1, -0.05) is 18.7 Å². The molecule has 3 aromatic rings. The van der Waals surface area contributed by atoms with E-state index in [-0.39, 0.29) is 0 Å². The summed E-state index contributed by atoms with van der Waals surface area (Å²) in [5.41, 5.74) is 4.54. The Balaban J connectivity index is 1.75. The quantitative estimate of drug-likeness (QED) is 0.393. The summed E-state index contributed by atoms with van der Waals surface area (Å²) in [5.74, 6) is 2.13. The molecule has 0 aliphatic heterocycles. The van der Waals surface area contributed by atoms with Gasteiger partial charge in [0.2, 0.25) is 0 Å². The van der Waals surface area contributed by atoms with E-state index in [1.807, 2.05) is 12.3 Å². The van der Waals surface area contributed by atoms with Crippen LogP contribution in [0, 0.1) is 13.8 Å². The second kappa shape index (κ2) is 7.08. The van der Waals surface area contributed by atoms with Crippen LogP contribution in [0.2, 0.25) is 0 Å². The maximum Gasteiger partial charge on any atom is 0.187 e. The van der Waals surface area contributed by atoms with Crippen LogP contribution >= 0.6 is 11.8 Å². The van der Waals surface area contributed by atoms with Gasteiger partial charge < -0.3 is 4.57 Å². The number of fused-ring (bicyclic) bond motifs is 1. The fourth-order valence-corrected chi connectivity index (χ4v) is 3.41. The van der Waals surface area contributed by atoms with E-state index in [0.717, 1.165) is 47.3 Å². The van der Waals surface area contributed by atoms with Crippen molar-refractivity contribution in [3.63, 3.8) is 0 Å². The SMILES string of the molecule is CCc1nc2cnc(C)c(C)c2n1CCCSc1ncccn1. The molecule has 23 heavy (non-hydrogen) atoms. The average molecular weight is 327 g/mol. The minimum absolute atomic E-state index is 0.843. The van der Waals surface area contributed by atoms with Gasteiger partial charge in [0.15, 0.2) is 5.16 Å². The van der Waals surface area contributed by atoms with Crippen molar-refractivity contribution in [2.75, 3.05) is 5.75 Å². The van der Waals surface area contributed by atoms with Crippen LogP contribution in [0.15, 0.2) is 29.8 Å².